The van der Waals surface area contributed by atoms with E-state index in [0.29, 0.717) is 12.1 Å². The highest BCUT2D eigenvalue weighted by atomic mass is 16.3. The molecule has 2 rings (SSSR count). The molecule has 0 aliphatic rings. The summed E-state index contributed by atoms with van der Waals surface area (Å²) in [6, 6.07) is 11.2. The molecule has 4 nitrogen and oxygen atoms in total. The molecule has 0 amide bonds. The largest absolute Gasteiger partial charge is 0.392 e. The van der Waals surface area contributed by atoms with Crippen molar-refractivity contribution in [2.45, 2.75) is 13.2 Å². The van der Waals surface area contributed by atoms with Gasteiger partial charge in [-0.15, -0.1) is 0 Å². The number of rotatable bonds is 4. The molecule has 0 saturated heterocycles. The first-order chi connectivity index (χ1) is 8.83. The van der Waals surface area contributed by atoms with Crippen LogP contribution in [0.2, 0.25) is 0 Å². The molecule has 0 aliphatic heterocycles. The minimum Gasteiger partial charge on any atom is -0.392 e. The normalized spacial score (nSPS) is 9.78. The monoisotopic (exact) mass is 239 g/mol. The highest BCUT2D eigenvalue weighted by Gasteiger charge is 2.00. The lowest BCUT2D eigenvalue weighted by Crippen LogP contribution is -2.03. The van der Waals surface area contributed by atoms with Crippen LogP contribution in [0.4, 0.5) is 5.69 Å². The van der Waals surface area contributed by atoms with Crippen LogP contribution in [-0.4, -0.2) is 10.1 Å². The van der Waals surface area contributed by atoms with Crippen molar-refractivity contribution in [3.8, 4) is 6.07 Å². The molecule has 0 unspecified atom stereocenters. The molecular weight excluding hydrogens is 226 g/mol. The highest BCUT2D eigenvalue weighted by molar-refractivity contribution is 5.49. The first-order valence-electron chi connectivity index (χ1n) is 5.60. The average Bonchev–Trinajstić information content (AvgIpc) is 2.46. The summed E-state index contributed by atoms with van der Waals surface area (Å²) in [5, 5.41) is 21.1. The van der Waals surface area contributed by atoms with Gasteiger partial charge in [0.25, 0.3) is 0 Å². The van der Waals surface area contributed by atoms with E-state index in [-0.39, 0.29) is 6.61 Å². The Bertz CT molecular complexity index is 558. The van der Waals surface area contributed by atoms with Crippen LogP contribution in [-0.2, 0) is 13.2 Å². The number of anilines is 1. The van der Waals surface area contributed by atoms with E-state index in [2.05, 4.69) is 16.4 Å². The second kappa shape index (κ2) is 5.80. The molecule has 0 aliphatic carbocycles. The summed E-state index contributed by atoms with van der Waals surface area (Å²) in [4.78, 5) is 4.02. The van der Waals surface area contributed by atoms with Gasteiger partial charge >= 0.3 is 0 Å². The van der Waals surface area contributed by atoms with E-state index in [9.17, 15) is 5.11 Å². The molecule has 0 atom stereocenters. The number of hydrogen-bond acceptors (Lipinski definition) is 4. The number of aromatic nitrogens is 1. The predicted molar refractivity (Wildman–Crippen MR) is 68.6 cm³/mol. The van der Waals surface area contributed by atoms with Crippen LogP contribution in [0.15, 0.2) is 42.7 Å². The standard InChI is InChI=1S/C14H13N3O/c15-7-11-1-3-12(4-2-11)8-17-14-9-16-6-5-13(14)10-18/h1-6,9,17-18H,8,10H2. The zero-order chi connectivity index (χ0) is 12.8. The molecule has 2 aromatic rings. The SMILES string of the molecule is N#Cc1ccc(CNc2cnccc2CO)cc1. The van der Waals surface area contributed by atoms with Crippen molar-refractivity contribution in [3.05, 3.63) is 59.4 Å². The van der Waals surface area contributed by atoms with Gasteiger partial charge in [0.15, 0.2) is 0 Å². The van der Waals surface area contributed by atoms with E-state index in [4.69, 9.17) is 5.26 Å². The second-order valence-corrected chi connectivity index (χ2v) is 3.85. The molecule has 18 heavy (non-hydrogen) atoms. The molecule has 1 heterocycles. The molecule has 1 aromatic heterocycles. The Labute approximate surface area is 106 Å². The maximum Gasteiger partial charge on any atom is 0.0991 e. The maximum atomic E-state index is 9.18. The Kier molecular flexibility index (Phi) is 3.90. The van der Waals surface area contributed by atoms with E-state index < -0.39 is 0 Å². The summed E-state index contributed by atoms with van der Waals surface area (Å²) in [6.45, 7) is 0.614. The van der Waals surface area contributed by atoms with Crippen molar-refractivity contribution in [2.24, 2.45) is 0 Å². The number of nitrogens with zero attached hydrogens (tertiary/aromatic N) is 2. The molecule has 2 N–H and O–H groups in total. The number of nitrogens with one attached hydrogen (secondary N) is 1. The Morgan fingerprint density at radius 3 is 2.67 bits per heavy atom. The quantitative estimate of drug-likeness (QED) is 0.856. The molecule has 0 fully saturated rings. The lowest BCUT2D eigenvalue weighted by Gasteiger charge is -2.09. The van der Waals surface area contributed by atoms with Crippen LogP contribution >= 0.6 is 0 Å². The third-order valence-electron chi connectivity index (χ3n) is 2.65. The molecule has 90 valence electrons. The van der Waals surface area contributed by atoms with Crippen LogP contribution in [0, 0.1) is 11.3 Å². The zero-order valence-electron chi connectivity index (χ0n) is 9.80. The molecule has 0 saturated carbocycles. The third kappa shape index (κ3) is 2.84. The van der Waals surface area contributed by atoms with Gasteiger partial charge in [-0.2, -0.15) is 5.26 Å². The van der Waals surface area contributed by atoms with Gasteiger partial charge in [0.2, 0.25) is 0 Å². The number of benzene rings is 1. The lowest BCUT2D eigenvalue weighted by molar-refractivity contribution is 0.282. The number of pyridine rings is 1. The highest BCUT2D eigenvalue weighted by Crippen LogP contribution is 2.14. The molecule has 0 radical (unpaired) electrons. The Hall–Kier alpha value is -2.38. The van der Waals surface area contributed by atoms with Crippen molar-refractivity contribution in [1.82, 2.24) is 4.98 Å². The molecule has 4 heteroatoms. The van der Waals surface area contributed by atoms with Gasteiger partial charge in [-0.3, -0.25) is 4.98 Å². The smallest absolute Gasteiger partial charge is 0.0991 e. The minimum atomic E-state index is -0.0157. The predicted octanol–water partition coefficient (Wildman–Crippen LogP) is 2.06. The number of aliphatic hydroxyl groups excluding tert-OH is 1. The van der Waals surface area contributed by atoms with Gasteiger partial charge in [0.1, 0.15) is 0 Å². The second-order valence-electron chi connectivity index (χ2n) is 3.85. The number of nitriles is 1. The van der Waals surface area contributed by atoms with Gasteiger partial charge in [-0.1, -0.05) is 12.1 Å². The molecule has 0 bridgehead atoms. The van der Waals surface area contributed by atoms with E-state index >= 15 is 0 Å². The fourth-order valence-corrected chi connectivity index (χ4v) is 1.61. The first kappa shape index (κ1) is 12.1. The Balaban J connectivity index is 2.04. The van der Waals surface area contributed by atoms with Crippen LogP contribution in [0.5, 0.6) is 0 Å². The van der Waals surface area contributed by atoms with E-state index in [1.165, 1.54) is 0 Å². The van der Waals surface area contributed by atoms with Gasteiger partial charge < -0.3 is 10.4 Å². The summed E-state index contributed by atoms with van der Waals surface area (Å²) >= 11 is 0. The number of hydrogen-bond donors (Lipinski definition) is 2. The van der Waals surface area contributed by atoms with Crippen molar-refractivity contribution in [1.29, 1.82) is 5.26 Å². The zero-order valence-corrected chi connectivity index (χ0v) is 9.80. The number of aliphatic hydroxyl groups is 1. The summed E-state index contributed by atoms with van der Waals surface area (Å²) in [6.07, 6.45) is 3.34. The lowest BCUT2D eigenvalue weighted by atomic mass is 10.1. The van der Waals surface area contributed by atoms with Gasteiger partial charge in [0.05, 0.1) is 30.1 Å². The maximum absolute atomic E-state index is 9.18. The van der Waals surface area contributed by atoms with Crippen LogP contribution < -0.4 is 5.32 Å². The average molecular weight is 239 g/mol. The van der Waals surface area contributed by atoms with E-state index in [0.717, 1.165) is 16.8 Å². The van der Waals surface area contributed by atoms with Gasteiger partial charge in [-0.25, -0.2) is 0 Å². The van der Waals surface area contributed by atoms with Crippen molar-refractivity contribution < 1.29 is 5.11 Å². The first-order valence-corrected chi connectivity index (χ1v) is 5.60. The van der Waals surface area contributed by atoms with Crippen molar-refractivity contribution in [3.63, 3.8) is 0 Å². The fourth-order valence-electron chi connectivity index (χ4n) is 1.61. The molecule has 0 spiro atoms. The third-order valence-corrected chi connectivity index (χ3v) is 2.65. The summed E-state index contributed by atoms with van der Waals surface area (Å²) in [5.74, 6) is 0. The fraction of sp³-hybridized carbons (Fsp3) is 0.143. The summed E-state index contributed by atoms with van der Waals surface area (Å²) < 4.78 is 0. The van der Waals surface area contributed by atoms with Crippen LogP contribution in [0.25, 0.3) is 0 Å². The van der Waals surface area contributed by atoms with Gasteiger partial charge in [0, 0.05) is 18.3 Å². The molecular formula is C14H13N3O. The Morgan fingerprint density at radius 2 is 2.00 bits per heavy atom. The molecule has 1 aromatic carbocycles. The van der Waals surface area contributed by atoms with Crippen LogP contribution in [0.1, 0.15) is 16.7 Å². The van der Waals surface area contributed by atoms with Gasteiger partial charge in [-0.05, 0) is 23.8 Å². The van der Waals surface area contributed by atoms with Crippen LogP contribution in [0.3, 0.4) is 0 Å². The Morgan fingerprint density at radius 1 is 1.22 bits per heavy atom. The van der Waals surface area contributed by atoms with E-state index in [1.54, 1.807) is 30.6 Å². The van der Waals surface area contributed by atoms with Crippen molar-refractivity contribution >= 4 is 5.69 Å². The van der Waals surface area contributed by atoms with E-state index in [1.807, 2.05) is 12.1 Å². The minimum absolute atomic E-state index is 0.0157. The summed E-state index contributed by atoms with van der Waals surface area (Å²) in [7, 11) is 0. The topological polar surface area (TPSA) is 68.9 Å². The summed E-state index contributed by atoms with van der Waals surface area (Å²) in [5.41, 5.74) is 3.36. The van der Waals surface area contributed by atoms with Crippen molar-refractivity contribution in [2.75, 3.05) is 5.32 Å².